The SMILES string of the molecule is Cc1cccc(-c2cc(O)n3nccc3n2)n1. The van der Waals surface area contributed by atoms with Crippen LogP contribution in [0.5, 0.6) is 5.88 Å². The van der Waals surface area contributed by atoms with Crippen LogP contribution in [-0.2, 0) is 0 Å². The molecule has 5 heteroatoms. The fourth-order valence-electron chi connectivity index (χ4n) is 1.71. The van der Waals surface area contributed by atoms with Crippen LogP contribution in [0.1, 0.15) is 5.69 Å². The van der Waals surface area contributed by atoms with E-state index in [0.717, 1.165) is 11.4 Å². The molecule has 0 aliphatic rings. The molecule has 0 spiro atoms. The molecule has 0 bridgehead atoms. The Morgan fingerprint density at radius 2 is 2.00 bits per heavy atom. The third kappa shape index (κ3) is 1.61. The Morgan fingerprint density at radius 1 is 1.12 bits per heavy atom. The van der Waals surface area contributed by atoms with Crippen LogP contribution >= 0.6 is 0 Å². The molecule has 0 aliphatic heterocycles. The number of fused-ring (bicyclic) bond motifs is 1. The molecule has 0 radical (unpaired) electrons. The van der Waals surface area contributed by atoms with Crippen LogP contribution < -0.4 is 0 Å². The lowest BCUT2D eigenvalue weighted by Gasteiger charge is -2.03. The molecule has 5 nitrogen and oxygen atoms in total. The van der Waals surface area contributed by atoms with Crippen molar-refractivity contribution >= 4 is 5.65 Å². The number of rotatable bonds is 1. The zero-order chi connectivity index (χ0) is 11.8. The van der Waals surface area contributed by atoms with E-state index >= 15 is 0 Å². The summed E-state index contributed by atoms with van der Waals surface area (Å²) in [6, 6.07) is 8.99. The van der Waals surface area contributed by atoms with Gasteiger partial charge in [-0.1, -0.05) is 6.07 Å². The number of hydrogen-bond acceptors (Lipinski definition) is 4. The molecule has 0 unspecified atom stereocenters. The van der Waals surface area contributed by atoms with Gasteiger partial charge in [0.05, 0.1) is 17.6 Å². The van der Waals surface area contributed by atoms with Crippen molar-refractivity contribution in [3.63, 3.8) is 0 Å². The molecule has 0 amide bonds. The van der Waals surface area contributed by atoms with Gasteiger partial charge in [0.2, 0.25) is 5.88 Å². The summed E-state index contributed by atoms with van der Waals surface area (Å²) in [5.74, 6) is 0.0540. The fraction of sp³-hybridized carbons (Fsp3) is 0.0833. The molecule has 0 aromatic carbocycles. The van der Waals surface area contributed by atoms with Crippen molar-refractivity contribution in [1.82, 2.24) is 19.6 Å². The van der Waals surface area contributed by atoms with E-state index in [-0.39, 0.29) is 5.88 Å². The lowest BCUT2D eigenvalue weighted by molar-refractivity contribution is 0.435. The Hall–Kier alpha value is -2.43. The maximum atomic E-state index is 9.80. The van der Waals surface area contributed by atoms with Crippen molar-refractivity contribution in [2.24, 2.45) is 0 Å². The molecule has 0 aliphatic carbocycles. The van der Waals surface area contributed by atoms with Gasteiger partial charge < -0.3 is 5.11 Å². The molecule has 3 aromatic heterocycles. The predicted octanol–water partition coefficient (Wildman–Crippen LogP) is 1.81. The molecule has 1 N–H and O–H groups in total. The van der Waals surface area contributed by atoms with Crippen molar-refractivity contribution in [2.75, 3.05) is 0 Å². The van der Waals surface area contributed by atoms with Crippen LogP contribution in [0.2, 0.25) is 0 Å². The number of pyridine rings is 1. The monoisotopic (exact) mass is 226 g/mol. The van der Waals surface area contributed by atoms with Gasteiger partial charge in [-0.05, 0) is 19.1 Å². The first kappa shape index (κ1) is 9.77. The van der Waals surface area contributed by atoms with Crippen LogP contribution in [0, 0.1) is 6.92 Å². The second-order valence-electron chi connectivity index (χ2n) is 3.76. The van der Waals surface area contributed by atoms with E-state index in [1.165, 1.54) is 4.52 Å². The molecule has 0 atom stereocenters. The smallest absolute Gasteiger partial charge is 0.216 e. The molecule has 17 heavy (non-hydrogen) atoms. The van der Waals surface area contributed by atoms with Gasteiger partial charge in [-0.2, -0.15) is 9.61 Å². The molecule has 0 fully saturated rings. The van der Waals surface area contributed by atoms with Crippen LogP contribution in [0.25, 0.3) is 17.0 Å². The minimum atomic E-state index is 0.0540. The minimum Gasteiger partial charge on any atom is -0.493 e. The van der Waals surface area contributed by atoms with Gasteiger partial charge in [-0.25, -0.2) is 4.98 Å². The Balaban J connectivity index is 2.23. The summed E-state index contributed by atoms with van der Waals surface area (Å²) in [5.41, 5.74) is 2.89. The number of aromatic hydroxyl groups is 1. The topological polar surface area (TPSA) is 63.3 Å². The molecular weight excluding hydrogens is 216 g/mol. The van der Waals surface area contributed by atoms with E-state index < -0.39 is 0 Å². The van der Waals surface area contributed by atoms with E-state index in [4.69, 9.17) is 0 Å². The quantitative estimate of drug-likeness (QED) is 0.687. The number of hydrogen-bond donors (Lipinski definition) is 1. The number of aryl methyl sites for hydroxylation is 1. The molecule has 0 saturated heterocycles. The lowest BCUT2D eigenvalue weighted by Crippen LogP contribution is -1.95. The van der Waals surface area contributed by atoms with Gasteiger partial charge in [0.1, 0.15) is 0 Å². The second-order valence-corrected chi connectivity index (χ2v) is 3.76. The summed E-state index contributed by atoms with van der Waals surface area (Å²) in [7, 11) is 0. The van der Waals surface area contributed by atoms with Gasteiger partial charge >= 0.3 is 0 Å². The molecule has 84 valence electrons. The number of aromatic nitrogens is 4. The van der Waals surface area contributed by atoms with Gasteiger partial charge in [0.15, 0.2) is 5.65 Å². The van der Waals surface area contributed by atoms with Crippen LogP contribution in [0.4, 0.5) is 0 Å². The normalized spacial score (nSPS) is 10.9. The average molecular weight is 226 g/mol. The Morgan fingerprint density at radius 3 is 2.82 bits per heavy atom. The van der Waals surface area contributed by atoms with Crippen molar-refractivity contribution in [3.8, 4) is 17.3 Å². The predicted molar refractivity (Wildman–Crippen MR) is 62.6 cm³/mol. The lowest BCUT2D eigenvalue weighted by atomic mass is 10.2. The van der Waals surface area contributed by atoms with E-state index in [0.29, 0.717) is 11.3 Å². The van der Waals surface area contributed by atoms with Crippen LogP contribution in [0.15, 0.2) is 36.5 Å². The summed E-state index contributed by atoms with van der Waals surface area (Å²) in [4.78, 5) is 8.76. The maximum absolute atomic E-state index is 9.80. The summed E-state index contributed by atoms with van der Waals surface area (Å²) in [5, 5.41) is 13.8. The van der Waals surface area contributed by atoms with Crippen LogP contribution in [0.3, 0.4) is 0 Å². The molecule has 3 aromatic rings. The molecular formula is C12H10N4O. The Kier molecular flexibility index (Phi) is 2.04. The van der Waals surface area contributed by atoms with Gasteiger partial charge in [0, 0.05) is 17.8 Å². The minimum absolute atomic E-state index is 0.0540. The summed E-state index contributed by atoms with van der Waals surface area (Å²) in [6.45, 7) is 1.92. The third-order valence-corrected chi connectivity index (χ3v) is 2.49. The summed E-state index contributed by atoms with van der Waals surface area (Å²) < 4.78 is 1.37. The average Bonchev–Trinajstić information content (AvgIpc) is 2.77. The first-order chi connectivity index (χ1) is 8.24. The van der Waals surface area contributed by atoms with Crippen molar-refractivity contribution in [1.29, 1.82) is 0 Å². The largest absolute Gasteiger partial charge is 0.493 e. The highest BCUT2D eigenvalue weighted by atomic mass is 16.3. The highest BCUT2D eigenvalue weighted by molar-refractivity contribution is 5.59. The van der Waals surface area contributed by atoms with E-state index in [9.17, 15) is 5.11 Å². The van der Waals surface area contributed by atoms with E-state index in [1.54, 1.807) is 18.3 Å². The molecule has 3 rings (SSSR count). The molecule has 3 heterocycles. The zero-order valence-electron chi connectivity index (χ0n) is 9.20. The number of nitrogens with zero attached hydrogens (tertiary/aromatic N) is 4. The van der Waals surface area contributed by atoms with E-state index in [2.05, 4.69) is 15.1 Å². The Bertz CT molecular complexity index is 690. The maximum Gasteiger partial charge on any atom is 0.216 e. The molecule has 0 saturated carbocycles. The first-order valence-electron chi connectivity index (χ1n) is 5.22. The zero-order valence-corrected chi connectivity index (χ0v) is 9.20. The highest BCUT2D eigenvalue weighted by Gasteiger charge is 2.07. The summed E-state index contributed by atoms with van der Waals surface area (Å²) in [6.07, 6.45) is 1.59. The van der Waals surface area contributed by atoms with Gasteiger partial charge in [0.25, 0.3) is 0 Å². The summed E-state index contributed by atoms with van der Waals surface area (Å²) >= 11 is 0. The second kappa shape index (κ2) is 3.55. The third-order valence-electron chi connectivity index (χ3n) is 2.49. The first-order valence-corrected chi connectivity index (χ1v) is 5.22. The van der Waals surface area contributed by atoms with Gasteiger partial charge in [-0.3, -0.25) is 4.98 Å². The van der Waals surface area contributed by atoms with Crippen molar-refractivity contribution in [3.05, 3.63) is 42.2 Å². The van der Waals surface area contributed by atoms with Gasteiger partial charge in [-0.15, -0.1) is 0 Å². The highest BCUT2D eigenvalue weighted by Crippen LogP contribution is 2.20. The van der Waals surface area contributed by atoms with Crippen LogP contribution in [-0.4, -0.2) is 24.7 Å². The van der Waals surface area contributed by atoms with Crippen molar-refractivity contribution in [2.45, 2.75) is 6.92 Å². The fourth-order valence-corrected chi connectivity index (χ4v) is 1.71. The van der Waals surface area contributed by atoms with E-state index in [1.807, 2.05) is 25.1 Å². The Labute approximate surface area is 97.4 Å². The standard InChI is InChI=1S/C12H10N4O/c1-8-3-2-4-9(14-8)10-7-12(17)16-11(15-10)5-6-13-16/h2-7,17H,1H3. The van der Waals surface area contributed by atoms with Crippen molar-refractivity contribution < 1.29 is 5.11 Å².